The van der Waals surface area contributed by atoms with Crippen LogP contribution >= 0.6 is 0 Å². The van der Waals surface area contributed by atoms with Crippen molar-refractivity contribution in [3.8, 4) is 5.75 Å². The van der Waals surface area contributed by atoms with Crippen molar-refractivity contribution in [2.45, 2.75) is 31.4 Å². The number of rotatable bonds is 4. The van der Waals surface area contributed by atoms with Crippen LogP contribution in [-0.2, 0) is 16.1 Å². The van der Waals surface area contributed by atoms with Gasteiger partial charge in [-0.1, -0.05) is 17.3 Å². The molecule has 0 unspecified atom stereocenters. The zero-order valence-electron chi connectivity index (χ0n) is 15.0. The number of benzene rings is 1. The molecule has 5 rings (SSSR count). The lowest BCUT2D eigenvalue weighted by molar-refractivity contribution is -0.142. The van der Waals surface area contributed by atoms with E-state index in [1.54, 1.807) is 0 Å². The molecule has 1 saturated carbocycles. The number of nitrogens with zero attached hydrogens (tertiary/aromatic N) is 4. The van der Waals surface area contributed by atoms with Gasteiger partial charge in [-0.3, -0.25) is 4.79 Å². The smallest absolute Gasteiger partial charge is 0.265 e. The van der Waals surface area contributed by atoms with Crippen LogP contribution in [0.25, 0.3) is 0 Å². The third-order valence-corrected chi connectivity index (χ3v) is 5.21. The number of fused-ring (bicyclic) bond motifs is 1. The molecule has 1 amide bonds. The van der Waals surface area contributed by atoms with Crippen LogP contribution in [0.4, 0.5) is 5.69 Å². The Bertz CT molecular complexity index is 829. The van der Waals surface area contributed by atoms with Crippen molar-refractivity contribution in [2.75, 3.05) is 37.7 Å². The van der Waals surface area contributed by atoms with Gasteiger partial charge in [-0.05, 0) is 25.0 Å². The molecular weight excluding hydrogens is 348 g/mol. The van der Waals surface area contributed by atoms with Crippen LogP contribution in [0, 0.1) is 0 Å². The summed E-state index contributed by atoms with van der Waals surface area (Å²) in [4.78, 5) is 21.4. The number of ether oxygens (including phenoxy) is 2. The summed E-state index contributed by atoms with van der Waals surface area (Å²) in [7, 11) is 0. The van der Waals surface area contributed by atoms with Gasteiger partial charge < -0.3 is 23.8 Å². The van der Waals surface area contributed by atoms with Gasteiger partial charge in [-0.25, -0.2) is 0 Å². The second-order valence-corrected chi connectivity index (χ2v) is 7.21. The maximum atomic E-state index is 12.9. The van der Waals surface area contributed by atoms with Gasteiger partial charge in [-0.15, -0.1) is 0 Å². The highest BCUT2D eigenvalue weighted by molar-refractivity contribution is 5.83. The number of hydrogen-bond acceptors (Lipinski definition) is 7. The highest BCUT2D eigenvalue weighted by Crippen LogP contribution is 2.38. The Labute approximate surface area is 157 Å². The van der Waals surface area contributed by atoms with E-state index >= 15 is 0 Å². The summed E-state index contributed by atoms with van der Waals surface area (Å²) in [6, 6.07) is 7.76. The molecule has 1 aliphatic carbocycles. The Kier molecular flexibility index (Phi) is 4.20. The van der Waals surface area contributed by atoms with Crippen LogP contribution in [0.2, 0.25) is 0 Å². The summed E-state index contributed by atoms with van der Waals surface area (Å²) < 4.78 is 16.8. The Balaban J connectivity index is 1.36. The SMILES string of the molecule is O=C([C@@H]1CN(Cc2nc(C3CC3)no2)c2ccccc2O1)N1CCOCC1. The molecule has 2 fully saturated rings. The van der Waals surface area contributed by atoms with Gasteiger partial charge >= 0.3 is 0 Å². The van der Waals surface area contributed by atoms with Gasteiger partial charge in [0.15, 0.2) is 11.9 Å². The van der Waals surface area contributed by atoms with E-state index < -0.39 is 6.10 Å². The van der Waals surface area contributed by atoms with E-state index in [0.29, 0.717) is 57.0 Å². The van der Waals surface area contributed by atoms with Crippen molar-refractivity contribution in [3.63, 3.8) is 0 Å². The molecule has 27 heavy (non-hydrogen) atoms. The molecule has 0 N–H and O–H groups in total. The fraction of sp³-hybridized carbons (Fsp3) is 0.526. The number of amides is 1. The van der Waals surface area contributed by atoms with E-state index in [1.807, 2.05) is 29.2 Å². The molecule has 1 aromatic carbocycles. The number of anilines is 1. The number of hydrogen-bond donors (Lipinski definition) is 0. The quantitative estimate of drug-likeness (QED) is 0.808. The zero-order valence-corrected chi connectivity index (χ0v) is 15.0. The fourth-order valence-electron chi connectivity index (χ4n) is 3.58. The third kappa shape index (κ3) is 3.37. The molecule has 8 heteroatoms. The summed E-state index contributed by atoms with van der Waals surface area (Å²) in [6.45, 7) is 3.28. The molecule has 1 aromatic heterocycles. The second kappa shape index (κ2) is 6.84. The van der Waals surface area contributed by atoms with Crippen molar-refractivity contribution in [1.29, 1.82) is 0 Å². The first kappa shape index (κ1) is 16.6. The van der Waals surface area contributed by atoms with Crippen molar-refractivity contribution in [1.82, 2.24) is 15.0 Å². The first-order valence-electron chi connectivity index (χ1n) is 9.47. The standard InChI is InChI=1S/C19H22N4O4/c24-19(22-7-9-25-10-8-22)16-11-23(14-3-1-2-4-15(14)26-16)12-17-20-18(21-27-17)13-5-6-13/h1-4,13,16H,5-12H2/t16-/m0/s1. The molecule has 2 aromatic rings. The molecule has 1 atom stereocenters. The number of aromatic nitrogens is 2. The minimum atomic E-state index is -0.552. The van der Waals surface area contributed by atoms with Crippen molar-refractivity contribution in [2.24, 2.45) is 0 Å². The normalized spacial score (nSPS) is 22.3. The summed E-state index contributed by atoms with van der Waals surface area (Å²) in [5, 5.41) is 4.09. The maximum Gasteiger partial charge on any atom is 0.265 e. The average Bonchev–Trinajstić information content (AvgIpc) is 3.47. The predicted octanol–water partition coefficient (Wildman–Crippen LogP) is 1.57. The minimum Gasteiger partial charge on any atom is -0.477 e. The molecule has 3 aliphatic rings. The molecular formula is C19H22N4O4. The molecule has 0 bridgehead atoms. The van der Waals surface area contributed by atoms with Crippen LogP contribution in [0.15, 0.2) is 28.8 Å². The van der Waals surface area contributed by atoms with E-state index in [1.165, 1.54) is 0 Å². The largest absolute Gasteiger partial charge is 0.477 e. The first-order chi connectivity index (χ1) is 13.3. The topological polar surface area (TPSA) is 80.9 Å². The predicted molar refractivity (Wildman–Crippen MR) is 95.6 cm³/mol. The third-order valence-electron chi connectivity index (χ3n) is 5.21. The van der Waals surface area contributed by atoms with E-state index in [-0.39, 0.29) is 5.91 Å². The number of carbonyl (C=O) groups excluding carboxylic acids is 1. The van der Waals surface area contributed by atoms with Gasteiger partial charge in [0.25, 0.3) is 5.91 Å². The molecule has 0 spiro atoms. The van der Waals surface area contributed by atoms with E-state index in [4.69, 9.17) is 14.0 Å². The summed E-state index contributed by atoms with van der Waals surface area (Å²) >= 11 is 0. The monoisotopic (exact) mass is 370 g/mol. The zero-order chi connectivity index (χ0) is 18.2. The highest BCUT2D eigenvalue weighted by Gasteiger charge is 2.35. The minimum absolute atomic E-state index is 0.00185. The average molecular weight is 370 g/mol. The summed E-state index contributed by atoms with van der Waals surface area (Å²) in [6.07, 6.45) is 1.72. The van der Waals surface area contributed by atoms with Gasteiger partial charge in [0.2, 0.25) is 5.89 Å². The van der Waals surface area contributed by atoms with Crippen LogP contribution in [0.5, 0.6) is 5.75 Å². The fourth-order valence-corrected chi connectivity index (χ4v) is 3.58. The van der Waals surface area contributed by atoms with Crippen molar-refractivity contribution < 1.29 is 18.8 Å². The molecule has 142 valence electrons. The Morgan fingerprint density at radius 3 is 2.81 bits per heavy atom. The van der Waals surface area contributed by atoms with Gasteiger partial charge in [0.1, 0.15) is 5.75 Å². The molecule has 3 heterocycles. The Hall–Kier alpha value is -2.61. The van der Waals surface area contributed by atoms with Gasteiger partial charge in [0.05, 0.1) is 32.0 Å². The number of carbonyl (C=O) groups is 1. The Morgan fingerprint density at radius 1 is 1.19 bits per heavy atom. The molecule has 0 radical (unpaired) electrons. The lowest BCUT2D eigenvalue weighted by Gasteiger charge is -2.37. The van der Waals surface area contributed by atoms with Gasteiger partial charge in [-0.2, -0.15) is 4.98 Å². The molecule has 1 saturated heterocycles. The molecule has 8 nitrogen and oxygen atoms in total. The van der Waals surface area contributed by atoms with E-state index in [9.17, 15) is 4.79 Å². The van der Waals surface area contributed by atoms with Crippen molar-refractivity contribution in [3.05, 3.63) is 36.0 Å². The van der Waals surface area contributed by atoms with Crippen LogP contribution in [0.1, 0.15) is 30.5 Å². The number of para-hydroxylation sites is 2. The lowest BCUT2D eigenvalue weighted by atomic mass is 10.1. The van der Waals surface area contributed by atoms with Crippen molar-refractivity contribution >= 4 is 11.6 Å². The van der Waals surface area contributed by atoms with Crippen LogP contribution in [0.3, 0.4) is 0 Å². The summed E-state index contributed by atoms with van der Waals surface area (Å²) in [5.41, 5.74) is 0.940. The van der Waals surface area contributed by atoms with Crippen LogP contribution < -0.4 is 9.64 Å². The summed E-state index contributed by atoms with van der Waals surface area (Å²) in [5.74, 6) is 2.54. The highest BCUT2D eigenvalue weighted by atomic mass is 16.5. The second-order valence-electron chi connectivity index (χ2n) is 7.21. The van der Waals surface area contributed by atoms with Gasteiger partial charge in [0, 0.05) is 19.0 Å². The molecule has 2 aliphatic heterocycles. The Morgan fingerprint density at radius 2 is 2.00 bits per heavy atom. The number of morpholine rings is 1. The first-order valence-corrected chi connectivity index (χ1v) is 9.47. The van der Waals surface area contributed by atoms with Crippen LogP contribution in [-0.4, -0.2) is 59.9 Å². The van der Waals surface area contributed by atoms with E-state index in [0.717, 1.165) is 24.4 Å². The lowest BCUT2D eigenvalue weighted by Crippen LogP contribution is -2.52. The van der Waals surface area contributed by atoms with E-state index in [2.05, 4.69) is 15.0 Å². The maximum absolute atomic E-state index is 12.9.